The van der Waals surface area contributed by atoms with Crippen LogP contribution in [0.25, 0.3) is 0 Å². The van der Waals surface area contributed by atoms with Crippen molar-refractivity contribution < 1.29 is 9.13 Å². The van der Waals surface area contributed by atoms with Gasteiger partial charge in [0.15, 0.2) is 0 Å². The maximum atomic E-state index is 13.3. The number of hydrogen-bond donors (Lipinski definition) is 0. The van der Waals surface area contributed by atoms with Crippen LogP contribution in [0, 0.1) is 12.7 Å². The molecule has 1 aromatic heterocycles. The van der Waals surface area contributed by atoms with Crippen molar-refractivity contribution in [3.63, 3.8) is 0 Å². The first kappa shape index (κ1) is 13.0. The van der Waals surface area contributed by atoms with E-state index in [0.29, 0.717) is 17.9 Å². The van der Waals surface area contributed by atoms with Gasteiger partial charge in [-0.15, -0.1) is 11.3 Å². The number of aromatic nitrogens is 1. The summed E-state index contributed by atoms with van der Waals surface area (Å²) >= 11 is 1.65. The monoisotopic (exact) mass is 265 g/mol. The molecule has 2 nitrogen and oxygen atoms in total. The predicted octanol–water partition coefficient (Wildman–Crippen LogP) is 4.12. The SMILES string of the molecule is CCCc1nc(COc2ccc(C)c(F)c2)cs1. The first-order valence-corrected chi connectivity index (χ1v) is 6.89. The Hall–Kier alpha value is -1.42. The lowest BCUT2D eigenvalue weighted by Crippen LogP contribution is -1.97. The summed E-state index contributed by atoms with van der Waals surface area (Å²) in [6, 6.07) is 4.90. The fourth-order valence-electron chi connectivity index (χ4n) is 1.56. The minimum Gasteiger partial charge on any atom is -0.487 e. The number of halogens is 1. The van der Waals surface area contributed by atoms with E-state index in [1.807, 2.05) is 5.38 Å². The molecule has 0 aliphatic rings. The van der Waals surface area contributed by atoms with Gasteiger partial charge >= 0.3 is 0 Å². The third kappa shape index (κ3) is 3.29. The number of thiazole rings is 1. The lowest BCUT2D eigenvalue weighted by Gasteiger charge is -2.05. The molecule has 0 atom stereocenters. The van der Waals surface area contributed by atoms with Crippen molar-refractivity contribution in [3.8, 4) is 5.75 Å². The van der Waals surface area contributed by atoms with E-state index in [-0.39, 0.29) is 5.82 Å². The lowest BCUT2D eigenvalue weighted by molar-refractivity contribution is 0.300. The predicted molar refractivity (Wildman–Crippen MR) is 71.6 cm³/mol. The van der Waals surface area contributed by atoms with Gasteiger partial charge in [0.2, 0.25) is 0 Å². The van der Waals surface area contributed by atoms with Gasteiger partial charge in [-0.1, -0.05) is 13.0 Å². The standard InChI is InChI=1S/C14H16FNOS/c1-3-4-14-16-11(9-18-14)8-17-12-6-5-10(2)13(15)7-12/h5-7,9H,3-4,8H2,1-2H3. The molecule has 1 aromatic carbocycles. The first-order valence-electron chi connectivity index (χ1n) is 6.01. The van der Waals surface area contributed by atoms with Gasteiger partial charge in [0.05, 0.1) is 10.7 Å². The van der Waals surface area contributed by atoms with Crippen LogP contribution in [0.4, 0.5) is 4.39 Å². The number of aryl methyl sites for hydroxylation is 2. The molecule has 0 radical (unpaired) electrons. The van der Waals surface area contributed by atoms with E-state index in [9.17, 15) is 4.39 Å². The van der Waals surface area contributed by atoms with E-state index >= 15 is 0 Å². The molecule has 0 fully saturated rings. The third-order valence-electron chi connectivity index (χ3n) is 2.59. The highest BCUT2D eigenvalue weighted by Crippen LogP contribution is 2.18. The second kappa shape index (κ2) is 5.96. The van der Waals surface area contributed by atoms with Crippen LogP contribution in [0.1, 0.15) is 29.6 Å². The Morgan fingerprint density at radius 3 is 2.94 bits per heavy atom. The van der Waals surface area contributed by atoms with Crippen molar-refractivity contribution in [2.45, 2.75) is 33.3 Å². The lowest BCUT2D eigenvalue weighted by atomic mass is 10.2. The quantitative estimate of drug-likeness (QED) is 0.811. The Bertz CT molecular complexity index is 524. The molecule has 4 heteroatoms. The van der Waals surface area contributed by atoms with Gasteiger partial charge in [-0.25, -0.2) is 9.37 Å². The molecule has 0 saturated heterocycles. The second-order valence-electron chi connectivity index (χ2n) is 4.18. The summed E-state index contributed by atoms with van der Waals surface area (Å²) in [5.41, 5.74) is 1.53. The fraction of sp³-hybridized carbons (Fsp3) is 0.357. The molecule has 0 N–H and O–H groups in total. The highest BCUT2D eigenvalue weighted by atomic mass is 32.1. The normalized spacial score (nSPS) is 10.6. The molecular weight excluding hydrogens is 249 g/mol. The Labute approximate surface area is 110 Å². The molecule has 1 heterocycles. The van der Waals surface area contributed by atoms with Crippen molar-refractivity contribution in [1.29, 1.82) is 0 Å². The molecule has 0 amide bonds. The van der Waals surface area contributed by atoms with Gasteiger partial charge in [0, 0.05) is 11.4 Å². The molecule has 96 valence electrons. The van der Waals surface area contributed by atoms with Crippen LogP contribution in [-0.4, -0.2) is 4.98 Å². The van der Waals surface area contributed by atoms with E-state index in [0.717, 1.165) is 23.5 Å². The van der Waals surface area contributed by atoms with Crippen molar-refractivity contribution in [1.82, 2.24) is 4.98 Å². The number of hydrogen-bond acceptors (Lipinski definition) is 3. The van der Waals surface area contributed by atoms with Crippen LogP contribution in [0.5, 0.6) is 5.75 Å². The summed E-state index contributed by atoms with van der Waals surface area (Å²) in [6.45, 7) is 4.26. The van der Waals surface area contributed by atoms with Crippen molar-refractivity contribution in [2.24, 2.45) is 0 Å². The van der Waals surface area contributed by atoms with Crippen LogP contribution >= 0.6 is 11.3 Å². The van der Waals surface area contributed by atoms with Crippen LogP contribution in [0.2, 0.25) is 0 Å². The molecule has 0 unspecified atom stereocenters. The van der Waals surface area contributed by atoms with Crippen LogP contribution in [0.3, 0.4) is 0 Å². The summed E-state index contributed by atoms with van der Waals surface area (Å²) in [5, 5.41) is 3.13. The molecule has 0 aliphatic heterocycles. The Morgan fingerprint density at radius 1 is 1.39 bits per heavy atom. The molecule has 0 aliphatic carbocycles. The summed E-state index contributed by atoms with van der Waals surface area (Å²) in [6.07, 6.45) is 2.10. The van der Waals surface area contributed by atoms with Crippen LogP contribution < -0.4 is 4.74 Å². The summed E-state index contributed by atoms with van der Waals surface area (Å²) in [4.78, 5) is 4.45. The van der Waals surface area contributed by atoms with Gasteiger partial charge in [-0.3, -0.25) is 0 Å². The van der Waals surface area contributed by atoms with Crippen LogP contribution in [-0.2, 0) is 13.0 Å². The molecular formula is C14H16FNOS. The van der Waals surface area contributed by atoms with Gasteiger partial charge in [0.25, 0.3) is 0 Å². The van der Waals surface area contributed by atoms with E-state index in [2.05, 4.69) is 11.9 Å². The average Bonchev–Trinajstić information content (AvgIpc) is 2.79. The smallest absolute Gasteiger partial charge is 0.131 e. The first-order chi connectivity index (χ1) is 8.69. The van der Waals surface area contributed by atoms with Crippen molar-refractivity contribution in [2.75, 3.05) is 0 Å². The summed E-state index contributed by atoms with van der Waals surface area (Å²) in [5.74, 6) is 0.306. The molecule has 0 bridgehead atoms. The maximum Gasteiger partial charge on any atom is 0.131 e. The van der Waals surface area contributed by atoms with E-state index in [1.54, 1.807) is 30.4 Å². The minimum atomic E-state index is -0.238. The summed E-state index contributed by atoms with van der Waals surface area (Å²) < 4.78 is 18.8. The zero-order valence-electron chi connectivity index (χ0n) is 10.6. The Balaban J connectivity index is 1.95. The zero-order chi connectivity index (χ0) is 13.0. The minimum absolute atomic E-state index is 0.238. The molecule has 2 rings (SSSR count). The van der Waals surface area contributed by atoms with Crippen LogP contribution in [0.15, 0.2) is 23.6 Å². The van der Waals surface area contributed by atoms with Gasteiger partial charge < -0.3 is 4.74 Å². The summed E-state index contributed by atoms with van der Waals surface area (Å²) in [7, 11) is 0. The van der Waals surface area contributed by atoms with Gasteiger partial charge in [0.1, 0.15) is 18.2 Å². The fourth-order valence-corrected chi connectivity index (χ4v) is 2.45. The number of benzene rings is 1. The van der Waals surface area contributed by atoms with E-state index < -0.39 is 0 Å². The van der Waals surface area contributed by atoms with Gasteiger partial charge in [-0.05, 0) is 31.4 Å². The second-order valence-corrected chi connectivity index (χ2v) is 5.12. The molecule has 0 saturated carbocycles. The van der Waals surface area contributed by atoms with Gasteiger partial charge in [-0.2, -0.15) is 0 Å². The maximum absolute atomic E-state index is 13.3. The van der Waals surface area contributed by atoms with Crippen molar-refractivity contribution >= 4 is 11.3 Å². The van der Waals surface area contributed by atoms with E-state index in [1.165, 1.54) is 6.07 Å². The average molecular weight is 265 g/mol. The highest BCUT2D eigenvalue weighted by Gasteiger charge is 2.04. The van der Waals surface area contributed by atoms with E-state index in [4.69, 9.17) is 4.74 Å². The Kier molecular flexibility index (Phi) is 4.31. The number of rotatable bonds is 5. The topological polar surface area (TPSA) is 22.1 Å². The number of nitrogens with zero attached hydrogens (tertiary/aromatic N) is 1. The largest absolute Gasteiger partial charge is 0.487 e. The van der Waals surface area contributed by atoms with Crippen molar-refractivity contribution in [3.05, 3.63) is 45.7 Å². The zero-order valence-corrected chi connectivity index (χ0v) is 11.4. The highest BCUT2D eigenvalue weighted by molar-refractivity contribution is 7.09. The third-order valence-corrected chi connectivity index (χ3v) is 3.55. The Morgan fingerprint density at radius 2 is 2.22 bits per heavy atom. The molecule has 18 heavy (non-hydrogen) atoms. The molecule has 2 aromatic rings. The number of ether oxygens (including phenoxy) is 1. The molecule has 0 spiro atoms.